The van der Waals surface area contributed by atoms with Crippen LogP contribution in [0.3, 0.4) is 0 Å². The van der Waals surface area contributed by atoms with Crippen LogP contribution in [0.5, 0.6) is 5.75 Å². The van der Waals surface area contributed by atoms with E-state index in [-0.39, 0.29) is 34.8 Å². The topological polar surface area (TPSA) is 68.4 Å². The van der Waals surface area contributed by atoms with Gasteiger partial charge in [0.1, 0.15) is 23.2 Å². The smallest absolute Gasteiger partial charge is 0.398 e. The lowest BCUT2D eigenvalue weighted by Gasteiger charge is -2.21. The summed E-state index contributed by atoms with van der Waals surface area (Å²) >= 11 is 0. The molecule has 3 N–H and O–H groups in total. The first-order chi connectivity index (χ1) is 12.7. The average molecular weight is 381 g/mol. The minimum absolute atomic E-state index is 0.108. The third-order valence-corrected chi connectivity index (χ3v) is 4.27. The number of hydroxylamine groups is 2. The first-order valence-electron chi connectivity index (χ1n) is 7.92. The van der Waals surface area contributed by atoms with Crippen LogP contribution in [-0.2, 0) is 0 Å². The SMILES string of the molecule is C#CNCC(c1cc(C2CN2O)c(O)c(-c2ccc(F)cc2)n1)C(F)(F)F. The largest absolute Gasteiger partial charge is 0.505 e. The first-order valence-corrected chi connectivity index (χ1v) is 7.92. The van der Waals surface area contributed by atoms with Gasteiger partial charge in [0.05, 0.1) is 11.7 Å². The lowest BCUT2D eigenvalue weighted by Crippen LogP contribution is -2.30. The molecule has 1 aliphatic heterocycles. The van der Waals surface area contributed by atoms with E-state index in [0.717, 1.165) is 23.3 Å². The number of benzene rings is 1. The summed E-state index contributed by atoms with van der Waals surface area (Å²) in [4.78, 5) is 3.99. The molecule has 1 fully saturated rings. The second-order valence-corrected chi connectivity index (χ2v) is 6.10. The molecule has 0 bridgehead atoms. The maximum absolute atomic E-state index is 13.5. The second-order valence-electron chi connectivity index (χ2n) is 6.10. The van der Waals surface area contributed by atoms with Gasteiger partial charge in [-0.05, 0) is 30.3 Å². The number of alkyl halides is 3. The Morgan fingerprint density at radius 2 is 1.96 bits per heavy atom. The molecule has 1 aliphatic rings. The normalized spacial score (nSPS) is 20.0. The molecule has 0 spiro atoms. The van der Waals surface area contributed by atoms with Crippen molar-refractivity contribution in [1.29, 1.82) is 0 Å². The summed E-state index contributed by atoms with van der Waals surface area (Å²) in [6, 6.07) is 7.24. The highest BCUT2D eigenvalue weighted by molar-refractivity contribution is 5.69. The minimum atomic E-state index is -4.65. The van der Waals surface area contributed by atoms with Crippen LogP contribution in [0.2, 0.25) is 0 Å². The minimum Gasteiger partial charge on any atom is -0.505 e. The summed E-state index contributed by atoms with van der Waals surface area (Å²) in [6.45, 7) is -0.438. The van der Waals surface area contributed by atoms with E-state index < -0.39 is 30.5 Å². The Bertz CT molecular complexity index is 878. The van der Waals surface area contributed by atoms with Crippen LogP contribution in [-0.4, -0.2) is 39.6 Å². The molecule has 2 heterocycles. The number of nitrogens with one attached hydrogen (secondary N) is 1. The molecule has 5 nitrogen and oxygen atoms in total. The number of rotatable bonds is 5. The van der Waals surface area contributed by atoms with Crippen molar-refractivity contribution < 1.29 is 27.9 Å². The fourth-order valence-electron chi connectivity index (χ4n) is 2.76. The van der Waals surface area contributed by atoms with Crippen LogP contribution < -0.4 is 5.32 Å². The third kappa shape index (κ3) is 3.97. The quantitative estimate of drug-likeness (QED) is 0.321. The molecule has 142 valence electrons. The highest BCUT2D eigenvalue weighted by atomic mass is 19.4. The summed E-state index contributed by atoms with van der Waals surface area (Å²) in [6.07, 6.45) is 0.354. The number of hydrogen-bond donors (Lipinski definition) is 3. The molecule has 1 aromatic carbocycles. The van der Waals surface area contributed by atoms with Crippen molar-refractivity contribution >= 4 is 0 Å². The molecule has 27 heavy (non-hydrogen) atoms. The molecule has 0 aliphatic carbocycles. The van der Waals surface area contributed by atoms with Gasteiger partial charge in [-0.25, -0.2) is 9.37 Å². The van der Waals surface area contributed by atoms with E-state index >= 15 is 0 Å². The monoisotopic (exact) mass is 381 g/mol. The fourth-order valence-corrected chi connectivity index (χ4v) is 2.76. The molecule has 3 unspecified atom stereocenters. The Morgan fingerprint density at radius 1 is 1.33 bits per heavy atom. The number of hydrogen-bond acceptors (Lipinski definition) is 5. The predicted octanol–water partition coefficient (Wildman–Crippen LogP) is 3.17. The Balaban J connectivity index is 2.14. The highest BCUT2D eigenvalue weighted by Gasteiger charge is 2.44. The molecular weight excluding hydrogens is 366 g/mol. The number of aromatic nitrogens is 1. The molecular formula is C18H15F4N3O2. The van der Waals surface area contributed by atoms with Crippen molar-refractivity contribution in [1.82, 2.24) is 15.4 Å². The van der Waals surface area contributed by atoms with Gasteiger partial charge in [-0.1, -0.05) is 6.42 Å². The average Bonchev–Trinajstić information content (AvgIpc) is 3.32. The van der Waals surface area contributed by atoms with Gasteiger partial charge in [-0.2, -0.15) is 18.2 Å². The number of pyridine rings is 1. The molecule has 1 aromatic heterocycles. The van der Waals surface area contributed by atoms with Crippen molar-refractivity contribution in [3.05, 3.63) is 47.4 Å². The number of terminal acetylenes is 1. The van der Waals surface area contributed by atoms with Crippen molar-refractivity contribution in [3.8, 4) is 29.5 Å². The van der Waals surface area contributed by atoms with E-state index in [1.54, 1.807) is 0 Å². The first kappa shape index (κ1) is 18.9. The number of aromatic hydroxyl groups is 1. The van der Waals surface area contributed by atoms with Gasteiger partial charge in [0.2, 0.25) is 0 Å². The lowest BCUT2D eigenvalue weighted by atomic mass is 9.98. The Labute approximate surface area is 152 Å². The Hall–Kier alpha value is -2.83. The second kappa shape index (κ2) is 7.06. The maximum atomic E-state index is 13.5. The van der Waals surface area contributed by atoms with Gasteiger partial charge in [0.15, 0.2) is 0 Å². The zero-order valence-electron chi connectivity index (χ0n) is 13.8. The van der Waals surface area contributed by atoms with Crippen LogP contribution in [0.4, 0.5) is 17.6 Å². The molecule has 3 rings (SSSR count). The molecule has 1 saturated heterocycles. The van der Waals surface area contributed by atoms with E-state index in [0.29, 0.717) is 0 Å². The van der Waals surface area contributed by atoms with E-state index in [1.807, 2.05) is 6.04 Å². The number of halogens is 4. The molecule has 2 aromatic rings. The van der Waals surface area contributed by atoms with Crippen LogP contribution in [0.15, 0.2) is 30.3 Å². The summed E-state index contributed by atoms with van der Waals surface area (Å²) in [7, 11) is 0. The highest BCUT2D eigenvalue weighted by Crippen LogP contribution is 2.44. The zero-order valence-corrected chi connectivity index (χ0v) is 13.8. The molecule has 0 amide bonds. The van der Waals surface area contributed by atoms with Gasteiger partial charge in [0, 0.05) is 30.3 Å². The standard InChI is InChI=1S/C18H15F4N3O2/c1-2-23-8-13(18(20,21)22)14-7-12(15-9-25(15)27)17(26)16(24-14)10-3-5-11(19)6-4-10/h1,3-7,13,15,23,26-27H,8-9H2. The van der Waals surface area contributed by atoms with Gasteiger partial charge in [0.25, 0.3) is 0 Å². The third-order valence-electron chi connectivity index (χ3n) is 4.27. The fraction of sp³-hybridized carbons (Fsp3) is 0.278. The van der Waals surface area contributed by atoms with Crippen LogP contribution in [0, 0.1) is 18.3 Å². The van der Waals surface area contributed by atoms with Crippen molar-refractivity contribution in [3.63, 3.8) is 0 Å². The van der Waals surface area contributed by atoms with E-state index in [2.05, 4.69) is 10.3 Å². The number of nitrogens with zero attached hydrogens (tertiary/aromatic N) is 2. The summed E-state index contributed by atoms with van der Waals surface area (Å²) in [5.41, 5.74) is -0.139. The van der Waals surface area contributed by atoms with Gasteiger partial charge >= 0.3 is 6.18 Å². The lowest BCUT2D eigenvalue weighted by molar-refractivity contribution is -0.149. The maximum Gasteiger partial charge on any atom is 0.398 e. The van der Waals surface area contributed by atoms with Gasteiger partial charge in [-0.3, -0.25) is 0 Å². The van der Waals surface area contributed by atoms with Gasteiger partial charge < -0.3 is 15.6 Å². The van der Waals surface area contributed by atoms with Crippen molar-refractivity contribution in [2.24, 2.45) is 0 Å². The van der Waals surface area contributed by atoms with E-state index in [4.69, 9.17) is 6.42 Å². The van der Waals surface area contributed by atoms with Crippen LogP contribution in [0.25, 0.3) is 11.3 Å². The molecule has 9 heteroatoms. The van der Waals surface area contributed by atoms with E-state index in [9.17, 15) is 27.9 Å². The van der Waals surface area contributed by atoms with E-state index in [1.165, 1.54) is 12.1 Å². The Morgan fingerprint density at radius 3 is 2.48 bits per heavy atom. The summed E-state index contributed by atoms with van der Waals surface area (Å²) < 4.78 is 53.7. The molecule has 0 radical (unpaired) electrons. The zero-order chi connectivity index (χ0) is 19.8. The van der Waals surface area contributed by atoms with Crippen LogP contribution in [0.1, 0.15) is 23.2 Å². The predicted molar refractivity (Wildman–Crippen MR) is 88.2 cm³/mol. The van der Waals surface area contributed by atoms with Crippen LogP contribution >= 0.6 is 0 Å². The summed E-state index contributed by atoms with van der Waals surface area (Å²) in [5.74, 6) is -2.93. The Kier molecular flexibility index (Phi) is 4.95. The summed E-state index contributed by atoms with van der Waals surface area (Å²) in [5, 5.41) is 23.1. The van der Waals surface area contributed by atoms with Crippen molar-refractivity contribution in [2.45, 2.75) is 18.1 Å². The van der Waals surface area contributed by atoms with Gasteiger partial charge in [-0.15, -0.1) is 0 Å². The molecule has 3 atom stereocenters. The molecule has 0 saturated carbocycles. The van der Waals surface area contributed by atoms with Crippen molar-refractivity contribution in [2.75, 3.05) is 13.1 Å².